The van der Waals surface area contributed by atoms with E-state index in [1.54, 1.807) is 19.1 Å². The van der Waals surface area contributed by atoms with E-state index in [-0.39, 0.29) is 4.90 Å². The van der Waals surface area contributed by atoms with Gasteiger partial charge < -0.3 is 5.43 Å². The smallest absolute Gasteiger partial charge is 0.257 e. The molecule has 0 aliphatic heterocycles. The molecule has 0 unspecified atom stereocenters. The SMILES string of the molecule is C=C(C)NNS(=O)(=O)c1ccc(CCCCCCCCCCCC)cc1. The highest BCUT2D eigenvalue weighted by molar-refractivity contribution is 7.89. The summed E-state index contributed by atoms with van der Waals surface area (Å²) in [5.74, 6) is 0. The Labute approximate surface area is 160 Å². The fourth-order valence-corrected chi connectivity index (χ4v) is 3.79. The average Bonchev–Trinajstić information content (AvgIpc) is 2.62. The Morgan fingerprint density at radius 3 is 1.88 bits per heavy atom. The van der Waals surface area contributed by atoms with Crippen LogP contribution >= 0.6 is 0 Å². The lowest BCUT2D eigenvalue weighted by Gasteiger charge is -2.09. The second-order valence-corrected chi connectivity index (χ2v) is 8.77. The Kier molecular flexibility index (Phi) is 11.3. The predicted octanol–water partition coefficient (Wildman–Crippen LogP) is 5.47. The Morgan fingerprint density at radius 1 is 0.885 bits per heavy atom. The summed E-state index contributed by atoms with van der Waals surface area (Å²) < 4.78 is 24.2. The molecule has 0 saturated carbocycles. The first-order valence-electron chi connectivity index (χ1n) is 9.98. The summed E-state index contributed by atoms with van der Waals surface area (Å²) in [6.45, 7) is 7.55. The lowest BCUT2D eigenvalue weighted by molar-refractivity contribution is 0.556. The van der Waals surface area contributed by atoms with Gasteiger partial charge in [-0.3, -0.25) is 0 Å². The maximum atomic E-state index is 12.1. The molecule has 1 aromatic rings. The lowest BCUT2D eigenvalue weighted by atomic mass is 10.0. The maximum Gasteiger partial charge on any atom is 0.257 e. The molecule has 0 spiro atoms. The maximum absolute atomic E-state index is 12.1. The highest BCUT2D eigenvalue weighted by Gasteiger charge is 2.12. The molecule has 1 rings (SSSR count). The Morgan fingerprint density at radius 2 is 1.38 bits per heavy atom. The summed E-state index contributed by atoms with van der Waals surface area (Å²) in [5, 5.41) is 0. The molecule has 0 aliphatic rings. The number of aryl methyl sites for hydroxylation is 1. The van der Waals surface area contributed by atoms with Gasteiger partial charge in [-0.1, -0.05) is 83.4 Å². The Bertz CT molecular complexity index is 609. The van der Waals surface area contributed by atoms with E-state index in [1.807, 2.05) is 12.1 Å². The van der Waals surface area contributed by atoms with Crippen LogP contribution in [0.4, 0.5) is 0 Å². The molecule has 0 fully saturated rings. The van der Waals surface area contributed by atoms with Crippen molar-refractivity contribution in [3.05, 3.63) is 42.1 Å². The molecule has 1 aromatic carbocycles. The number of hydrazine groups is 1. The van der Waals surface area contributed by atoms with Crippen molar-refractivity contribution in [1.29, 1.82) is 0 Å². The number of hydrogen-bond donors (Lipinski definition) is 2. The van der Waals surface area contributed by atoms with Crippen LogP contribution in [0.2, 0.25) is 0 Å². The van der Waals surface area contributed by atoms with Gasteiger partial charge in [0, 0.05) is 5.70 Å². The minimum Gasteiger partial charge on any atom is -0.313 e. The summed E-state index contributed by atoms with van der Waals surface area (Å²) in [4.78, 5) is 2.57. The van der Waals surface area contributed by atoms with Gasteiger partial charge in [0.15, 0.2) is 0 Å². The predicted molar refractivity (Wildman–Crippen MR) is 110 cm³/mol. The van der Waals surface area contributed by atoms with Crippen molar-refractivity contribution in [3.63, 3.8) is 0 Å². The van der Waals surface area contributed by atoms with Crippen LogP contribution < -0.4 is 10.3 Å². The molecular formula is C21H36N2O2S. The zero-order chi connectivity index (χ0) is 19.3. The van der Waals surface area contributed by atoms with Crippen molar-refractivity contribution in [1.82, 2.24) is 10.3 Å². The second-order valence-electron chi connectivity index (χ2n) is 7.09. The highest BCUT2D eigenvalue weighted by Crippen LogP contribution is 2.14. The molecule has 0 aromatic heterocycles. The normalized spacial score (nSPS) is 11.5. The molecule has 2 N–H and O–H groups in total. The van der Waals surface area contributed by atoms with Crippen molar-refractivity contribution in [2.24, 2.45) is 0 Å². The first-order chi connectivity index (χ1) is 12.5. The van der Waals surface area contributed by atoms with E-state index in [0.717, 1.165) is 12.8 Å². The zero-order valence-corrected chi connectivity index (χ0v) is 17.3. The average molecular weight is 381 g/mol. The molecule has 0 saturated heterocycles. The molecule has 148 valence electrons. The van der Waals surface area contributed by atoms with E-state index in [1.165, 1.54) is 63.4 Å². The minimum atomic E-state index is -3.54. The number of rotatable bonds is 15. The van der Waals surface area contributed by atoms with Crippen LogP contribution in [0.5, 0.6) is 0 Å². The summed E-state index contributed by atoms with van der Waals surface area (Å²) in [5.41, 5.74) is 4.28. The van der Waals surface area contributed by atoms with Crippen molar-refractivity contribution in [2.75, 3.05) is 0 Å². The summed E-state index contributed by atoms with van der Waals surface area (Å²) >= 11 is 0. The van der Waals surface area contributed by atoms with Crippen LogP contribution in [-0.2, 0) is 16.4 Å². The minimum absolute atomic E-state index is 0.262. The third-order valence-corrected chi connectivity index (χ3v) is 5.72. The van der Waals surface area contributed by atoms with E-state index in [4.69, 9.17) is 0 Å². The Balaban J connectivity index is 2.20. The van der Waals surface area contributed by atoms with E-state index < -0.39 is 10.0 Å². The van der Waals surface area contributed by atoms with E-state index >= 15 is 0 Å². The van der Waals surface area contributed by atoms with Gasteiger partial charge >= 0.3 is 0 Å². The van der Waals surface area contributed by atoms with Crippen LogP contribution in [0.1, 0.15) is 83.6 Å². The molecule has 0 bridgehead atoms. The second kappa shape index (κ2) is 12.9. The molecule has 0 atom stereocenters. The number of hydrogen-bond acceptors (Lipinski definition) is 3. The van der Waals surface area contributed by atoms with Gasteiger partial charge in [0.2, 0.25) is 0 Å². The fourth-order valence-electron chi connectivity index (χ4n) is 2.87. The lowest BCUT2D eigenvalue weighted by Crippen LogP contribution is -2.35. The third kappa shape index (κ3) is 9.97. The topological polar surface area (TPSA) is 58.2 Å². The molecule has 0 aliphatic carbocycles. The number of nitrogens with one attached hydrogen (secondary N) is 2. The van der Waals surface area contributed by atoms with Crippen LogP contribution in [0, 0.1) is 0 Å². The Hall–Kier alpha value is -1.33. The number of allylic oxidation sites excluding steroid dienone is 1. The molecule has 26 heavy (non-hydrogen) atoms. The van der Waals surface area contributed by atoms with Gasteiger partial charge in [-0.15, -0.1) is 4.83 Å². The van der Waals surface area contributed by atoms with E-state index in [9.17, 15) is 8.42 Å². The summed E-state index contributed by atoms with van der Waals surface area (Å²) in [7, 11) is -3.54. The molecule has 5 heteroatoms. The van der Waals surface area contributed by atoms with E-state index in [2.05, 4.69) is 23.8 Å². The van der Waals surface area contributed by atoms with Gasteiger partial charge in [0.1, 0.15) is 0 Å². The van der Waals surface area contributed by atoms with Crippen LogP contribution in [0.15, 0.2) is 41.4 Å². The quantitative estimate of drug-likeness (QED) is 0.313. The summed E-state index contributed by atoms with van der Waals surface area (Å²) in [6, 6.07) is 7.13. The zero-order valence-electron chi connectivity index (χ0n) is 16.5. The number of sulfonamides is 1. The van der Waals surface area contributed by atoms with Crippen molar-refractivity contribution >= 4 is 10.0 Å². The first-order valence-corrected chi connectivity index (χ1v) is 11.5. The van der Waals surface area contributed by atoms with Gasteiger partial charge in [-0.25, -0.2) is 8.42 Å². The summed E-state index contributed by atoms with van der Waals surface area (Å²) in [6.07, 6.45) is 14.3. The third-order valence-electron chi connectivity index (χ3n) is 4.45. The largest absolute Gasteiger partial charge is 0.313 e. The van der Waals surface area contributed by atoms with Crippen molar-refractivity contribution in [3.8, 4) is 0 Å². The highest BCUT2D eigenvalue weighted by atomic mass is 32.2. The first kappa shape index (κ1) is 22.7. The fraction of sp³-hybridized carbons (Fsp3) is 0.619. The molecule has 0 radical (unpaired) electrons. The van der Waals surface area contributed by atoms with E-state index in [0.29, 0.717) is 5.70 Å². The number of benzene rings is 1. The molecule has 0 amide bonds. The standard InChI is InChI=1S/C21H36N2O2S/c1-4-5-6-7-8-9-10-11-12-13-14-20-15-17-21(18-16-20)26(24,25)23-22-19(2)3/h15-18,22-23H,2,4-14H2,1,3H3. The van der Waals surface area contributed by atoms with Gasteiger partial charge in [0.25, 0.3) is 10.0 Å². The molecule has 0 heterocycles. The van der Waals surface area contributed by atoms with Crippen LogP contribution in [-0.4, -0.2) is 8.42 Å². The van der Waals surface area contributed by atoms with Gasteiger partial charge in [-0.05, 0) is 37.5 Å². The van der Waals surface area contributed by atoms with Crippen molar-refractivity contribution < 1.29 is 8.42 Å². The van der Waals surface area contributed by atoms with Gasteiger partial charge in [0.05, 0.1) is 4.90 Å². The number of unbranched alkanes of at least 4 members (excludes halogenated alkanes) is 9. The van der Waals surface area contributed by atoms with Crippen LogP contribution in [0.25, 0.3) is 0 Å². The molecule has 4 nitrogen and oxygen atoms in total. The molecular weight excluding hydrogens is 344 g/mol. The monoisotopic (exact) mass is 380 g/mol. The van der Waals surface area contributed by atoms with Crippen LogP contribution in [0.3, 0.4) is 0 Å². The van der Waals surface area contributed by atoms with Gasteiger partial charge in [-0.2, -0.15) is 0 Å². The van der Waals surface area contributed by atoms with Crippen molar-refractivity contribution in [2.45, 2.75) is 89.4 Å².